The zero-order chi connectivity index (χ0) is 15.9. The van der Waals surface area contributed by atoms with Gasteiger partial charge in [0.2, 0.25) is 5.91 Å². The van der Waals surface area contributed by atoms with E-state index in [4.69, 9.17) is 23.2 Å². The molecule has 0 saturated heterocycles. The van der Waals surface area contributed by atoms with Crippen molar-refractivity contribution in [2.24, 2.45) is 0 Å². The molecular weight excluding hydrogens is 344 g/mol. The molecule has 2 aromatic rings. The van der Waals surface area contributed by atoms with Crippen molar-refractivity contribution in [2.45, 2.75) is 12.2 Å². The van der Waals surface area contributed by atoms with Crippen molar-refractivity contribution in [3.05, 3.63) is 63.9 Å². The molecule has 0 aliphatic carbocycles. The number of nitrogens with one attached hydrogen (secondary N) is 1. The first kappa shape index (κ1) is 17.1. The van der Waals surface area contributed by atoms with Crippen LogP contribution in [-0.4, -0.2) is 11.7 Å². The van der Waals surface area contributed by atoms with E-state index >= 15 is 0 Å². The van der Waals surface area contributed by atoms with Gasteiger partial charge < -0.3 is 5.32 Å². The third-order valence-electron chi connectivity index (χ3n) is 2.89. The maximum absolute atomic E-state index is 12.9. The molecule has 6 heteroatoms. The molecule has 0 aromatic heterocycles. The number of carbonyl (C=O) groups is 1. The van der Waals surface area contributed by atoms with Crippen LogP contribution in [0.25, 0.3) is 0 Å². The highest BCUT2D eigenvalue weighted by Crippen LogP contribution is 2.23. The second-order valence-corrected chi connectivity index (χ2v) is 6.49. The summed E-state index contributed by atoms with van der Waals surface area (Å²) in [6.07, 6.45) is 0.370. The van der Waals surface area contributed by atoms with Gasteiger partial charge in [-0.2, -0.15) is 11.8 Å². The van der Waals surface area contributed by atoms with Gasteiger partial charge in [0.25, 0.3) is 0 Å². The molecule has 2 nitrogen and oxygen atoms in total. The van der Waals surface area contributed by atoms with Gasteiger partial charge in [-0.3, -0.25) is 4.79 Å². The number of rotatable bonds is 6. The Morgan fingerprint density at radius 2 is 1.91 bits per heavy atom. The lowest BCUT2D eigenvalue weighted by molar-refractivity contribution is -0.115. The summed E-state index contributed by atoms with van der Waals surface area (Å²) in [7, 11) is 0. The number of halogens is 3. The third-order valence-corrected chi connectivity index (χ3v) is 4.58. The van der Waals surface area contributed by atoms with E-state index < -0.39 is 0 Å². The second-order valence-electron chi connectivity index (χ2n) is 4.57. The molecule has 22 heavy (non-hydrogen) atoms. The predicted molar refractivity (Wildman–Crippen MR) is 92.3 cm³/mol. The summed E-state index contributed by atoms with van der Waals surface area (Å²) in [6.45, 7) is 0. The fourth-order valence-electron chi connectivity index (χ4n) is 1.76. The molecule has 0 fully saturated rings. The Balaban J connectivity index is 1.74. The van der Waals surface area contributed by atoms with E-state index in [1.807, 2.05) is 6.07 Å². The van der Waals surface area contributed by atoms with Gasteiger partial charge >= 0.3 is 0 Å². The van der Waals surface area contributed by atoms with Crippen molar-refractivity contribution in [3.63, 3.8) is 0 Å². The molecular formula is C16H14Cl2FNOS. The van der Waals surface area contributed by atoms with E-state index in [1.165, 1.54) is 12.1 Å². The molecule has 0 unspecified atom stereocenters. The van der Waals surface area contributed by atoms with Crippen molar-refractivity contribution < 1.29 is 9.18 Å². The Morgan fingerprint density at radius 1 is 1.14 bits per heavy atom. The van der Waals surface area contributed by atoms with Crippen molar-refractivity contribution in [2.75, 3.05) is 11.1 Å². The Bertz CT molecular complexity index is 666. The highest BCUT2D eigenvalue weighted by atomic mass is 35.5. The Kier molecular flexibility index (Phi) is 6.55. The molecule has 0 heterocycles. The average molecular weight is 358 g/mol. The lowest BCUT2D eigenvalue weighted by Gasteiger charge is -2.07. The summed E-state index contributed by atoms with van der Waals surface area (Å²) in [6, 6.07) is 11.4. The first-order valence-electron chi connectivity index (χ1n) is 6.62. The van der Waals surface area contributed by atoms with Crippen LogP contribution in [0.3, 0.4) is 0 Å². The monoisotopic (exact) mass is 357 g/mol. The van der Waals surface area contributed by atoms with Crippen LogP contribution in [0.15, 0.2) is 42.5 Å². The first-order chi connectivity index (χ1) is 10.6. The number of amides is 1. The lowest BCUT2D eigenvalue weighted by atomic mass is 10.2. The van der Waals surface area contributed by atoms with Gasteiger partial charge in [0.1, 0.15) is 5.82 Å². The molecule has 0 aliphatic rings. The van der Waals surface area contributed by atoms with Crippen molar-refractivity contribution in [1.29, 1.82) is 0 Å². The third kappa shape index (κ3) is 5.20. The van der Waals surface area contributed by atoms with Crippen LogP contribution >= 0.6 is 35.0 Å². The number of anilines is 1. The molecule has 1 N–H and O–H groups in total. The molecule has 2 aromatic carbocycles. The Hall–Kier alpha value is -1.23. The standard InChI is InChI=1S/C16H14Cl2FNOS/c17-13-3-1-2-4-15(13)20-16(21)7-8-22-10-11-5-6-12(19)9-14(11)18/h1-6,9H,7-8,10H2,(H,20,21). The summed E-state index contributed by atoms with van der Waals surface area (Å²) in [4.78, 5) is 11.8. The minimum atomic E-state index is -0.349. The Morgan fingerprint density at radius 3 is 2.64 bits per heavy atom. The number of thioether (sulfide) groups is 1. The van der Waals surface area contributed by atoms with Crippen LogP contribution in [0.1, 0.15) is 12.0 Å². The van der Waals surface area contributed by atoms with E-state index in [2.05, 4.69) is 5.32 Å². The normalized spacial score (nSPS) is 10.5. The summed E-state index contributed by atoms with van der Waals surface area (Å²) in [5.74, 6) is 0.839. The van der Waals surface area contributed by atoms with Crippen LogP contribution < -0.4 is 5.32 Å². The quantitative estimate of drug-likeness (QED) is 0.701. The number of hydrogen-bond acceptors (Lipinski definition) is 2. The van der Waals surface area contributed by atoms with E-state index in [-0.39, 0.29) is 11.7 Å². The van der Waals surface area contributed by atoms with Crippen LogP contribution in [0.5, 0.6) is 0 Å². The molecule has 2 rings (SSSR count). The topological polar surface area (TPSA) is 29.1 Å². The van der Waals surface area contributed by atoms with E-state index in [1.54, 1.807) is 36.0 Å². The van der Waals surface area contributed by atoms with E-state index in [0.29, 0.717) is 33.7 Å². The van der Waals surface area contributed by atoms with Gasteiger partial charge in [-0.1, -0.05) is 41.4 Å². The summed E-state index contributed by atoms with van der Waals surface area (Å²) in [5.41, 5.74) is 1.47. The average Bonchev–Trinajstić information content (AvgIpc) is 2.48. The predicted octanol–water partition coefficient (Wildman–Crippen LogP) is 5.39. The van der Waals surface area contributed by atoms with Gasteiger partial charge in [-0.25, -0.2) is 4.39 Å². The summed E-state index contributed by atoms with van der Waals surface area (Å²) in [5, 5.41) is 3.69. The first-order valence-corrected chi connectivity index (χ1v) is 8.53. The van der Waals surface area contributed by atoms with Crippen molar-refractivity contribution in [3.8, 4) is 0 Å². The van der Waals surface area contributed by atoms with Crippen LogP contribution in [-0.2, 0) is 10.5 Å². The molecule has 0 spiro atoms. The largest absolute Gasteiger partial charge is 0.325 e. The minimum absolute atomic E-state index is 0.0918. The molecule has 0 saturated carbocycles. The highest BCUT2D eigenvalue weighted by molar-refractivity contribution is 7.98. The molecule has 1 amide bonds. The van der Waals surface area contributed by atoms with Crippen molar-refractivity contribution >= 4 is 46.6 Å². The van der Waals surface area contributed by atoms with Gasteiger partial charge in [0.15, 0.2) is 0 Å². The summed E-state index contributed by atoms with van der Waals surface area (Å²) >= 11 is 13.5. The highest BCUT2D eigenvalue weighted by Gasteiger charge is 2.06. The number of hydrogen-bond donors (Lipinski definition) is 1. The zero-order valence-electron chi connectivity index (χ0n) is 11.6. The number of carbonyl (C=O) groups excluding carboxylic acids is 1. The number of para-hydroxylation sites is 1. The maximum Gasteiger partial charge on any atom is 0.225 e. The van der Waals surface area contributed by atoms with Crippen molar-refractivity contribution in [1.82, 2.24) is 0 Å². The van der Waals surface area contributed by atoms with Gasteiger partial charge in [0.05, 0.1) is 10.7 Å². The fourth-order valence-corrected chi connectivity index (χ4v) is 3.20. The molecule has 0 radical (unpaired) electrons. The molecule has 0 bridgehead atoms. The van der Waals surface area contributed by atoms with Gasteiger partial charge in [-0.15, -0.1) is 0 Å². The maximum atomic E-state index is 12.9. The minimum Gasteiger partial charge on any atom is -0.325 e. The SMILES string of the molecule is O=C(CCSCc1ccc(F)cc1Cl)Nc1ccccc1Cl. The molecule has 0 atom stereocenters. The smallest absolute Gasteiger partial charge is 0.225 e. The lowest BCUT2D eigenvalue weighted by Crippen LogP contribution is -2.12. The second kappa shape index (κ2) is 8.42. The van der Waals surface area contributed by atoms with Crippen LogP contribution in [0, 0.1) is 5.82 Å². The van der Waals surface area contributed by atoms with Crippen LogP contribution in [0.4, 0.5) is 10.1 Å². The molecule has 116 valence electrons. The van der Waals surface area contributed by atoms with Crippen LogP contribution in [0.2, 0.25) is 10.0 Å². The van der Waals surface area contributed by atoms with Gasteiger partial charge in [-0.05, 0) is 29.8 Å². The van der Waals surface area contributed by atoms with E-state index in [0.717, 1.165) is 5.56 Å². The fraction of sp³-hybridized carbons (Fsp3) is 0.188. The zero-order valence-corrected chi connectivity index (χ0v) is 13.9. The van der Waals surface area contributed by atoms with E-state index in [9.17, 15) is 9.18 Å². The number of benzene rings is 2. The van der Waals surface area contributed by atoms with Gasteiger partial charge in [0, 0.05) is 22.9 Å². The summed E-state index contributed by atoms with van der Waals surface area (Å²) < 4.78 is 12.9. The Labute approximate surface area is 143 Å². The molecule has 0 aliphatic heterocycles.